The molecular weight excluding hydrogens is 230 g/mol. The number of carbonyl (C=O) groups excluding carboxylic acids is 1. The summed E-state index contributed by atoms with van der Waals surface area (Å²) < 4.78 is 0. The van der Waals surface area contributed by atoms with Crippen molar-refractivity contribution in [3.63, 3.8) is 0 Å². The van der Waals surface area contributed by atoms with E-state index < -0.39 is 0 Å². The summed E-state index contributed by atoms with van der Waals surface area (Å²) in [6, 6.07) is 7.29. The molecule has 1 aromatic heterocycles. The van der Waals surface area contributed by atoms with Gasteiger partial charge >= 0.3 is 0 Å². The molecule has 0 aliphatic carbocycles. The summed E-state index contributed by atoms with van der Waals surface area (Å²) in [5.41, 5.74) is 7.06. The zero-order valence-electron chi connectivity index (χ0n) is 9.71. The Hall–Kier alpha value is -2.34. The van der Waals surface area contributed by atoms with Crippen molar-refractivity contribution >= 4 is 11.9 Å². The fraction of sp³-hybridized carbons (Fsp3) is 0.167. The summed E-state index contributed by atoms with van der Waals surface area (Å²) in [5.74, 6) is -0.0754. The molecule has 0 saturated carbocycles. The molecule has 0 unspecified atom stereocenters. The van der Waals surface area contributed by atoms with E-state index >= 15 is 0 Å². The van der Waals surface area contributed by atoms with Crippen LogP contribution in [0.25, 0.3) is 0 Å². The number of carbonyl (C=O) groups is 1. The van der Waals surface area contributed by atoms with Crippen LogP contribution in [0.1, 0.15) is 15.9 Å². The van der Waals surface area contributed by atoms with Crippen LogP contribution in [0.5, 0.6) is 0 Å². The number of hydrogen-bond acceptors (Lipinski definition) is 5. The monoisotopic (exact) mass is 243 g/mol. The van der Waals surface area contributed by atoms with E-state index in [1.807, 2.05) is 12.1 Å². The van der Waals surface area contributed by atoms with Crippen molar-refractivity contribution in [3.8, 4) is 0 Å². The SMILES string of the molecule is NCCc1cccc(C(=O)Nc2nccnn2)c1. The Morgan fingerprint density at radius 1 is 1.33 bits per heavy atom. The Balaban J connectivity index is 2.11. The number of nitrogens with two attached hydrogens (primary N) is 1. The number of nitrogens with zero attached hydrogens (tertiary/aromatic N) is 3. The van der Waals surface area contributed by atoms with E-state index in [4.69, 9.17) is 5.73 Å². The minimum atomic E-state index is -0.262. The lowest BCUT2D eigenvalue weighted by Crippen LogP contribution is -2.15. The van der Waals surface area contributed by atoms with Gasteiger partial charge in [-0.05, 0) is 30.7 Å². The number of nitrogens with one attached hydrogen (secondary N) is 1. The summed E-state index contributed by atoms with van der Waals surface area (Å²) in [7, 11) is 0. The summed E-state index contributed by atoms with van der Waals surface area (Å²) >= 11 is 0. The van der Waals surface area contributed by atoms with E-state index in [1.54, 1.807) is 12.1 Å². The molecule has 0 radical (unpaired) electrons. The van der Waals surface area contributed by atoms with Crippen LogP contribution < -0.4 is 11.1 Å². The minimum Gasteiger partial charge on any atom is -0.330 e. The van der Waals surface area contributed by atoms with Gasteiger partial charge in [-0.25, -0.2) is 4.98 Å². The second-order valence-corrected chi connectivity index (χ2v) is 3.66. The molecule has 3 N–H and O–H groups in total. The first-order valence-electron chi connectivity index (χ1n) is 5.53. The zero-order valence-corrected chi connectivity index (χ0v) is 9.71. The van der Waals surface area contributed by atoms with Crippen molar-refractivity contribution in [1.82, 2.24) is 15.2 Å². The van der Waals surface area contributed by atoms with Gasteiger partial charge in [0.15, 0.2) is 0 Å². The minimum absolute atomic E-state index is 0.187. The fourth-order valence-electron chi connectivity index (χ4n) is 1.51. The first-order chi connectivity index (χ1) is 8.79. The molecule has 1 amide bonds. The van der Waals surface area contributed by atoms with Crippen molar-refractivity contribution in [3.05, 3.63) is 47.8 Å². The quantitative estimate of drug-likeness (QED) is 0.821. The fourth-order valence-corrected chi connectivity index (χ4v) is 1.51. The molecule has 92 valence electrons. The Morgan fingerprint density at radius 2 is 2.22 bits per heavy atom. The van der Waals surface area contributed by atoms with Crippen molar-refractivity contribution in [2.45, 2.75) is 6.42 Å². The number of amides is 1. The molecule has 0 atom stereocenters. The van der Waals surface area contributed by atoms with Gasteiger partial charge in [-0.1, -0.05) is 12.1 Å². The topological polar surface area (TPSA) is 93.8 Å². The maximum atomic E-state index is 11.9. The Labute approximate surface area is 104 Å². The highest BCUT2D eigenvalue weighted by molar-refractivity contribution is 6.03. The van der Waals surface area contributed by atoms with Gasteiger partial charge in [0.25, 0.3) is 5.91 Å². The Morgan fingerprint density at radius 3 is 2.94 bits per heavy atom. The molecule has 6 nitrogen and oxygen atoms in total. The second-order valence-electron chi connectivity index (χ2n) is 3.66. The lowest BCUT2D eigenvalue weighted by Gasteiger charge is -2.04. The van der Waals surface area contributed by atoms with E-state index in [0.717, 1.165) is 12.0 Å². The van der Waals surface area contributed by atoms with Crippen LogP contribution in [0.3, 0.4) is 0 Å². The first-order valence-corrected chi connectivity index (χ1v) is 5.53. The number of benzene rings is 1. The smallest absolute Gasteiger partial charge is 0.258 e. The van der Waals surface area contributed by atoms with Gasteiger partial charge in [0, 0.05) is 5.56 Å². The predicted octanol–water partition coefficient (Wildman–Crippen LogP) is 0.625. The third-order valence-corrected chi connectivity index (χ3v) is 2.33. The van der Waals surface area contributed by atoms with Crippen molar-refractivity contribution in [1.29, 1.82) is 0 Å². The van der Waals surface area contributed by atoms with Gasteiger partial charge in [0.1, 0.15) is 0 Å². The summed E-state index contributed by atoms with van der Waals surface area (Å²) in [6.07, 6.45) is 3.65. The maximum Gasteiger partial charge on any atom is 0.258 e. The van der Waals surface area contributed by atoms with Crippen LogP contribution in [0.4, 0.5) is 5.95 Å². The molecule has 0 fully saturated rings. The largest absolute Gasteiger partial charge is 0.330 e. The van der Waals surface area contributed by atoms with Gasteiger partial charge in [-0.15, -0.1) is 5.10 Å². The second kappa shape index (κ2) is 5.83. The molecule has 0 saturated heterocycles. The highest BCUT2D eigenvalue weighted by Crippen LogP contribution is 2.07. The molecule has 0 aliphatic heterocycles. The van der Waals surface area contributed by atoms with Crippen LogP contribution in [-0.4, -0.2) is 27.6 Å². The molecule has 2 aromatic rings. The maximum absolute atomic E-state index is 11.9. The lowest BCUT2D eigenvalue weighted by molar-refractivity contribution is 0.102. The molecule has 2 rings (SSSR count). The molecule has 18 heavy (non-hydrogen) atoms. The number of rotatable bonds is 4. The van der Waals surface area contributed by atoms with Gasteiger partial charge in [-0.3, -0.25) is 10.1 Å². The van der Waals surface area contributed by atoms with Crippen LogP contribution in [-0.2, 0) is 6.42 Å². The highest BCUT2D eigenvalue weighted by atomic mass is 16.1. The van der Waals surface area contributed by atoms with E-state index in [1.165, 1.54) is 12.4 Å². The van der Waals surface area contributed by atoms with Crippen molar-refractivity contribution < 1.29 is 4.79 Å². The van der Waals surface area contributed by atoms with Crippen LogP contribution in [0.15, 0.2) is 36.7 Å². The Bertz CT molecular complexity index is 529. The third kappa shape index (κ3) is 3.08. The number of hydrogen-bond donors (Lipinski definition) is 2. The van der Waals surface area contributed by atoms with E-state index in [-0.39, 0.29) is 11.9 Å². The van der Waals surface area contributed by atoms with Crippen molar-refractivity contribution in [2.75, 3.05) is 11.9 Å². The summed E-state index contributed by atoms with van der Waals surface area (Å²) in [5, 5.41) is 9.90. The average molecular weight is 243 g/mol. The molecule has 6 heteroatoms. The molecule has 1 aromatic carbocycles. The summed E-state index contributed by atoms with van der Waals surface area (Å²) in [4.78, 5) is 15.8. The lowest BCUT2D eigenvalue weighted by atomic mass is 10.1. The van der Waals surface area contributed by atoms with Crippen molar-refractivity contribution in [2.24, 2.45) is 5.73 Å². The predicted molar refractivity (Wildman–Crippen MR) is 67.0 cm³/mol. The molecular formula is C12H13N5O. The zero-order chi connectivity index (χ0) is 12.8. The Kier molecular flexibility index (Phi) is 3.93. The molecule has 0 bridgehead atoms. The van der Waals surface area contributed by atoms with Gasteiger partial charge in [0.05, 0.1) is 12.4 Å². The average Bonchev–Trinajstić information content (AvgIpc) is 2.40. The van der Waals surface area contributed by atoms with E-state index in [2.05, 4.69) is 20.5 Å². The van der Waals surface area contributed by atoms with Crippen LogP contribution in [0.2, 0.25) is 0 Å². The first kappa shape index (κ1) is 12.1. The normalized spacial score (nSPS) is 10.1. The van der Waals surface area contributed by atoms with Crippen LogP contribution in [0, 0.1) is 0 Å². The molecule has 1 heterocycles. The van der Waals surface area contributed by atoms with Gasteiger partial charge < -0.3 is 5.73 Å². The summed E-state index contributed by atoms with van der Waals surface area (Å²) in [6.45, 7) is 0.552. The van der Waals surface area contributed by atoms with E-state index in [0.29, 0.717) is 12.1 Å². The third-order valence-electron chi connectivity index (χ3n) is 2.33. The van der Waals surface area contributed by atoms with Gasteiger partial charge in [0.2, 0.25) is 5.95 Å². The number of aromatic nitrogens is 3. The van der Waals surface area contributed by atoms with Gasteiger partial charge in [-0.2, -0.15) is 5.10 Å². The standard InChI is InChI=1S/C12H13N5O/c13-5-4-9-2-1-3-10(8-9)11(18)16-12-14-6-7-15-17-12/h1-3,6-8H,4-5,13H2,(H,14,16,17,18). The number of anilines is 1. The highest BCUT2D eigenvalue weighted by Gasteiger charge is 2.07. The molecule has 0 aliphatic rings. The van der Waals surface area contributed by atoms with Crippen LogP contribution >= 0.6 is 0 Å². The molecule has 0 spiro atoms. The van der Waals surface area contributed by atoms with E-state index in [9.17, 15) is 4.79 Å².